The molecule has 17 heavy (non-hydrogen) atoms. The highest BCUT2D eigenvalue weighted by atomic mass is 127. The van der Waals surface area contributed by atoms with Gasteiger partial charge in [-0.15, -0.1) is 0 Å². The monoisotopic (exact) mass is 404 g/mol. The molecule has 0 heterocycles. The second-order valence-electron chi connectivity index (χ2n) is 5.88. The first-order valence-electron chi connectivity index (χ1n) is 6.52. The van der Waals surface area contributed by atoms with Gasteiger partial charge < -0.3 is 0 Å². The smallest absolute Gasteiger partial charge is 0.0130 e. The van der Waals surface area contributed by atoms with Gasteiger partial charge in [-0.3, -0.25) is 0 Å². The highest BCUT2D eigenvalue weighted by Gasteiger charge is 2.49. The summed E-state index contributed by atoms with van der Waals surface area (Å²) in [5.74, 6) is 2.01. The number of hydrogen-bond donors (Lipinski definition) is 0. The maximum absolute atomic E-state index is 3.81. The van der Waals surface area contributed by atoms with Crippen LogP contribution in [-0.2, 0) is 6.42 Å². The van der Waals surface area contributed by atoms with E-state index in [-0.39, 0.29) is 0 Å². The molecule has 2 aliphatic rings. The summed E-state index contributed by atoms with van der Waals surface area (Å²) in [6.07, 6.45) is 7.19. The first-order chi connectivity index (χ1) is 8.22. The lowest BCUT2D eigenvalue weighted by atomic mass is 9.71. The molecule has 1 aromatic rings. The molecular formula is C15H18BrI. The van der Waals surface area contributed by atoms with Crippen molar-refractivity contribution in [3.8, 4) is 0 Å². The molecule has 3 rings (SSSR count). The quantitative estimate of drug-likeness (QED) is 0.489. The third kappa shape index (κ3) is 2.32. The van der Waals surface area contributed by atoms with Crippen LogP contribution in [0.2, 0.25) is 0 Å². The van der Waals surface area contributed by atoms with E-state index in [2.05, 4.69) is 62.8 Å². The van der Waals surface area contributed by atoms with Crippen molar-refractivity contribution in [1.82, 2.24) is 0 Å². The van der Waals surface area contributed by atoms with Crippen molar-refractivity contribution in [1.29, 1.82) is 0 Å². The fourth-order valence-electron chi connectivity index (χ4n) is 3.99. The van der Waals surface area contributed by atoms with Crippen molar-refractivity contribution in [2.75, 3.05) is 5.33 Å². The first-order valence-corrected chi connectivity index (χ1v) is 8.72. The molecule has 1 aromatic carbocycles. The highest BCUT2D eigenvalue weighted by Crippen LogP contribution is 2.57. The predicted octanol–water partition coefficient (Wildman–Crippen LogP) is 5.04. The SMILES string of the molecule is BrCC1(Cc2ccc(I)cc2)CC2CCC1C2. The van der Waals surface area contributed by atoms with Crippen molar-refractivity contribution in [3.05, 3.63) is 33.4 Å². The number of rotatable bonds is 3. The topological polar surface area (TPSA) is 0 Å². The van der Waals surface area contributed by atoms with Gasteiger partial charge in [0.25, 0.3) is 0 Å². The van der Waals surface area contributed by atoms with Crippen LogP contribution < -0.4 is 0 Å². The number of hydrogen-bond acceptors (Lipinski definition) is 0. The third-order valence-electron chi connectivity index (χ3n) is 4.84. The molecule has 2 fully saturated rings. The largest absolute Gasteiger partial charge is 0.0922 e. The van der Waals surface area contributed by atoms with Gasteiger partial charge >= 0.3 is 0 Å². The Hall–Kier alpha value is 0.430. The molecule has 2 heteroatoms. The molecule has 0 aliphatic heterocycles. The lowest BCUT2D eigenvalue weighted by Gasteiger charge is -2.36. The molecule has 0 radical (unpaired) electrons. The van der Waals surface area contributed by atoms with Crippen LogP contribution in [0.5, 0.6) is 0 Å². The van der Waals surface area contributed by atoms with Gasteiger partial charge in [-0.05, 0) is 83.2 Å². The van der Waals surface area contributed by atoms with E-state index in [1.807, 2.05) is 0 Å². The summed E-state index contributed by atoms with van der Waals surface area (Å²) < 4.78 is 1.34. The van der Waals surface area contributed by atoms with E-state index in [1.54, 1.807) is 0 Å². The molecule has 3 atom stereocenters. The van der Waals surface area contributed by atoms with Gasteiger partial charge in [-0.1, -0.05) is 34.5 Å². The van der Waals surface area contributed by atoms with Crippen molar-refractivity contribution in [3.63, 3.8) is 0 Å². The second-order valence-corrected chi connectivity index (χ2v) is 7.69. The van der Waals surface area contributed by atoms with E-state index >= 15 is 0 Å². The maximum Gasteiger partial charge on any atom is 0.0130 e. The summed E-state index contributed by atoms with van der Waals surface area (Å²) in [6, 6.07) is 9.12. The average molecular weight is 405 g/mol. The zero-order valence-electron chi connectivity index (χ0n) is 9.96. The molecule has 0 amide bonds. The maximum atomic E-state index is 3.81. The molecule has 0 nitrogen and oxygen atoms in total. The molecule has 2 saturated carbocycles. The van der Waals surface area contributed by atoms with Crippen molar-refractivity contribution >= 4 is 38.5 Å². The van der Waals surface area contributed by atoms with Crippen LogP contribution in [0, 0.1) is 20.8 Å². The summed E-state index contributed by atoms with van der Waals surface area (Å²) in [7, 11) is 0. The Morgan fingerprint density at radius 2 is 2.00 bits per heavy atom. The number of benzene rings is 1. The van der Waals surface area contributed by atoms with Crippen LogP contribution in [0.1, 0.15) is 31.2 Å². The van der Waals surface area contributed by atoms with Gasteiger partial charge in [0, 0.05) is 8.90 Å². The van der Waals surface area contributed by atoms with E-state index in [9.17, 15) is 0 Å². The van der Waals surface area contributed by atoms with Gasteiger partial charge in [0.1, 0.15) is 0 Å². The summed E-state index contributed by atoms with van der Waals surface area (Å²) in [4.78, 5) is 0. The Morgan fingerprint density at radius 3 is 2.53 bits per heavy atom. The van der Waals surface area contributed by atoms with Crippen molar-refractivity contribution in [2.24, 2.45) is 17.3 Å². The van der Waals surface area contributed by atoms with Crippen LogP contribution in [-0.4, -0.2) is 5.33 Å². The van der Waals surface area contributed by atoms with E-state index < -0.39 is 0 Å². The molecule has 3 unspecified atom stereocenters. The minimum atomic E-state index is 0.565. The van der Waals surface area contributed by atoms with Crippen LogP contribution in [0.15, 0.2) is 24.3 Å². The zero-order chi connectivity index (χ0) is 11.9. The van der Waals surface area contributed by atoms with Gasteiger partial charge in [0.2, 0.25) is 0 Å². The van der Waals surface area contributed by atoms with Gasteiger partial charge in [0.15, 0.2) is 0 Å². The highest BCUT2D eigenvalue weighted by molar-refractivity contribution is 14.1. The first kappa shape index (κ1) is 12.5. The number of alkyl halides is 1. The number of fused-ring (bicyclic) bond motifs is 2. The van der Waals surface area contributed by atoms with Crippen LogP contribution >= 0.6 is 38.5 Å². The Balaban J connectivity index is 1.80. The zero-order valence-corrected chi connectivity index (χ0v) is 13.7. The predicted molar refractivity (Wildman–Crippen MR) is 84.5 cm³/mol. The molecule has 0 aromatic heterocycles. The fourth-order valence-corrected chi connectivity index (χ4v) is 5.24. The van der Waals surface area contributed by atoms with E-state index in [1.165, 1.54) is 46.6 Å². The number of halogens is 2. The second kappa shape index (κ2) is 4.84. The normalized spacial score (nSPS) is 35.4. The molecule has 2 aliphatic carbocycles. The van der Waals surface area contributed by atoms with Crippen molar-refractivity contribution < 1.29 is 0 Å². The summed E-state index contributed by atoms with van der Waals surface area (Å²) >= 11 is 6.19. The van der Waals surface area contributed by atoms with E-state index in [0.717, 1.165) is 11.8 Å². The lowest BCUT2D eigenvalue weighted by Crippen LogP contribution is -2.32. The van der Waals surface area contributed by atoms with Crippen LogP contribution in [0.4, 0.5) is 0 Å². The fraction of sp³-hybridized carbons (Fsp3) is 0.600. The summed E-state index contributed by atoms with van der Waals surface area (Å²) in [6.45, 7) is 0. The van der Waals surface area contributed by atoms with Gasteiger partial charge in [0.05, 0.1) is 0 Å². The van der Waals surface area contributed by atoms with Crippen LogP contribution in [0.25, 0.3) is 0 Å². The average Bonchev–Trinajstić information content (AvgIpc) is 2.93. The van der Waals surface area contributed by atoms with Gasteiger partial charge in [-0.2, -0.15) is 0 Å². The van der Waals surface area contributed by atoms with Gasteiger partial charge in [-0.25, -0.2) is 0 Å². The molecule has 0 N–H and O–H groups in total. The third-order valence-corrected chi connectivity index (χ3v) is 6.67. The molecule has 0 spiro atoms. The summed E-state index contributed by atoms with van der Waals surface area (Å²) in [5, 5.41) is 1.19. The van der Waals surface area contributed by atoms with Crippen LogP contribution in [0.3, 0.4) is 0 Å². The molecule has 92 valence electrons. The Labute approximate surface area is 126 Å². The van der Waals surface area contributed by atoms with Crippen molar-refractivity contribution in [2.45, 2.75) is 32.1 Å². The molecular weight excluding hydrogens is 387 g/mol. The standard InChI is InChI=1S/C15H18BrI/c16-10-15(9-12-1-4-13(15)7-12)8-11-2-5-14(17)6-3-11/h2-3,5-6,12-13H,1,4,7-10H2. The van der Waals surface area contributed by atoms with E-state index in [4.69, 9.17) is 0 Å². The Bertz CT molecular complexity index is 400. The molecule has 2 bridgehead atoms. The summed E-state index contributed by atoms with van der Waals surface area (Å²) in [5.41, 5.74) is 2.09. The Kier molecular flexibility index (Phi) is 3.55. The lowest BCUT2D eigenvalue weighted by molar-refractivity contribution is 0.197. The minimum Gasteiger partial charge on any atom is -0.0922 e. The molecule has 0 saturated heterocycles. The minimum absolute atomic E-state index is 0.565. The Morgan fingerprint density at radius 1 is 1.24 bits per heavy atom. The van der Waals surface area contributed by atoms with E-state index in [0.29, 0.717) is 5.41 Å².